The summed E-state index contributed by atoms with van der Waals surface area (Å²) in [5.74, 6) is 0.543. The highest BCUT2D eigenvalue weighted by molar-refractivity contribution is 5.70. The monoisotopic (exact) mass is 259 g/mol. The zero-order chi connectivity index (χ0) is 13.1. The molecule has 3 heteroatoms. The maximum atomic E-state index is 11.6. The minimum atomic E-state index is -0.239. The van der Waals surface area contributed by atoms with E-state index in [-0.39, 0.29) is 18.2 Å². The van der Waals surface area contributed by atoms with Gasteiger partial charge in [-0.1, -0.05) is 49.6 Å². The smallest absolute Gasteiger partial charge is 0.407 e. The molecule has 1 saturated carbocycles. The summed E-state index contributed by atoms with van der Waals surface area (Å²) in [5, 5.41) is 2.99. The van der Waals surface area contributed by atoms with Gasteiger partial charge in [0.05, 0.1) is 6.04 Å². The zero-order valence-electron chi connectivity index (χ0n) is 11.2. The Morgan fingerprint density at radius 1 is 1.11 bits per heavy atom. The first-order valence-electron chi connectivity index (χ1n) is 7.34. The van der Waals surface area contributed by atoms with Gasteiger partial charge in [0.15, 0.2) is 0 Å². The van der Waals surface area contributed by atoms with Crippen molar-refractivity contribution in [3.8, 4) is 0 Å². The van der Waals surface area contributed by atoms with Crippen molar-refractivity contribution in [1.82, 2.24) is 5.32 Å². The lowest BCUT2D eigenvalue weighted by molar-refractivity contribution is 0.0738. The van der Waals surface area contributed by atoms with Crippen molar-refractivity contribution in [2.45, 2.75) is 50.7 Å². The molecule has 0 radical (unpaired) electrons. The van der Waals surface area contributed by atoms with Crippen molar-refractivity contribution in [2.75, 3.05) is 0 Å². The van der Waals surface area contributed by atoms with E-state index in [0.717, 1.165) is 6.42 Å². The van der Waals surface area contributed by atoms with E-state index in [9.17, 15) is 4.79 Å². The van der Waals surface area contributed by atoms with Crippen LogP contribution in [0.4, 0.5) is 4.79 Å². The predicted molar refractivity (Wildman–Crippen MR) is 73.9 cm³/mol. The Kier molecular flexibility index (Phi) is 3.72. The molecule has 1 aliphatic heterocycles. The van der Waals surface area contributed by atoms with Gasteiger partial charge in [0.2, 0.25) is 0 Å². The fraction of sp³-hybridized carbons (Fsp3) is 0.562. The summed E-state index contributed by atoms with van der Waals surface area (Å²) in [5.41, 5.74) is 1.26. The van der Waals surface area contributed by atoms with Crippen LogP contribution in [0.5, 0.6) is 0 Å². The van der Waals surface area contributed by atoms with Gasteiger partial charge in [0.1, 0.15) is 6.10 Å². The molecular weight excluding hydrogens is 238 g/mol. The zero-order valence-corrected chi connectivity index (χ0v) is 11.2. The highest BCUT2D eigenvalue weighted by Gasteiger charge is 2.39. The molecule has 2 aliphatic rings. The highest BCUT2D eigenvalue weighted by Crippen LogP contribution is 2.32. The summed E-state index contributed by atoms with van der Waals surface area (Å²) in [6.45, 7) is 0. The molecule has 1 heterocycles. The van der Waals surface area contributed by atoms with Crippen LogP contribution in [0.15, 0.2) is 30.3 Å². The molecule has 1 aliphatic carbocycles. The van der Waals surface area contributed by atoms with Crippen LogP contribution in [0.2, 0.25) is 0 Å². The quantitative estimate of drug-likeness (QED) is 0.904. The fourth-order valence-corrected chi connectivity index (χ4v) is 3.40. The normalized spacial score (nSPS) is 27.9. The molecule has 1 amide bonds. The van der Waals surface area contributed by atoms with Gasteiger partial charge in [-0.05, 0) is 30.7 Å². The summed E-state index contributed by atoms with van der Waals surface area (Å²) in [4.78, 5) is 11.6. The Labute approximate surface area is 114 Å². The standard InChI is InChI=1S/C16H21NO2/c18-16-17-14(11-12-7-3-1-4-8-12)15(19-16)13-9-5-2-6-10-13/h1,3-4,7-8,13-15H,2,5-6,9-11H2,(H,17,18)/t14-,15-/m1/s1. The van der Waals surface area contributed by atoms with Gasteiger partial charge in [0, 0.05) is 0 Å². The number of cyclic esters (lactones) is 1. The average Bonchev–Trinajstić information content (AvgIpc) is 2.82. The summed E-state index contributed by atoms with van der Waals surface area (Å²) < 4.78 is 5.54. The average molecular weight is 259 g/mol. The van der Waals surface area contributed by atoms with Crippen LogP contribution < -0.4 is 5.32 Å². The second kappa shape index (κ2) is 5.64. The van der Waals surface area contributed by atoms with Crippen LogP contribution in [0.3, 0.4) is 0 Å². The second-order valence-electron chi connectivity index (χ2n) is 5.71. The summed E-state index contributed by atoms with van der Waals surface area (Å²) in [7, 11) is 0. The number of hydrogen-bond donors (Lipinski definition) is 1. The van der Waals surface area contributed by atoms with Gasteiger partial charge < -0.3 is 10.1 Å². The lowest BCUT2D eigenvalue weighted by Crippen LogP contribution is -2.38. The summed E-state index contributed by atoms with van der Waals surface area (Å²) >= 11 is 0. The third-order valence-corrected chi connectivity index (χ3v) is 4.36. The second-order valence-corrected chi connectivity index (χ2v) is 5.71. The highest BCUT2D eigenvalue weighted by atomic mass is 16.6. The molecule has 1 saturated heterocycles. The molecule has 2 atom stereocenters. The molecule has 1 aromatic carbocycles. The molecule has 0 unspecified atom stereocenters. The van der Waals surface area contributed by atoms with E-state index < -0.39 is 0 Å². The Morgan fingerprint density at radius 3 is 2.58 bits per heavy atom. The summed E-state index contributed by atoms with van der Waals surface area (Å²) in [6, 6.07) is 10.5. The predicted octanol–water partition coefficient (Wildman–Crippen LogP) is 3.29. The molecule has 3 rings (SSSR count). The van der Waals surface area contributed by atoms with Gasteiger partial charge in [-0.25, -0.2) is 4.79 Å². The number of hydrogen-bond acceptors (Lipinski definition) is 2. The van der Waals surface area contributed by atoms with Crippen molar-refractivity contribution < 1.29 is 9.53 Å². The van der Waals surface area contributed by atoms with E-state index in [2.05, 4.69) is 17.4 Å². The van der Waals surface area contributed by atoms with Crippen LogP contribution in [-0.2, 0) is 11.2 Å². The Morgan fingerprint density at radius 2 is 1.84 bits per heavy atom. The van der Waals surface area contributed by atoms with Crippen molar-refractivity contribution >= 4 is 6.09 Å². The van der Waals surface area contributed by atoms with E-state index in [0.29, 0.717) is 5.92 Å². The van der Waals surface area contributed by atoms with Crippen LogP contribution in [0.25, 0.3) is 0 Å². The maximum Gasteiger partial charge on any atom is 0.407 e. The number of amides is 1. The molecule has 0 bridgehead atoms. The largest absolute Gasteiger partial charge is 0.444 e. The molecule has 1 aromatic rings. The molecule has 19 heavy (non-hydrogen) atoms. The van der Waals surface area contributed by atoms with Crippen molar-refractivity contribution in [2.24, 2.45) is 5.92 Å². The van der Waals surface area contributed by atoms with Gasteiger partial charge in [0.25, 0.3) is 0 Å². The molecular formula is C16H21NO2. The lowest BCUT2D eigenvalue weighted by atomic mass is 9.81. The number of carbonyl (C=O) groups excluding carboxylic acids is 1. The third kappa shape index (κ3) is 2.91. The third-order valence-electron chi connectivity index (χ3n) is 4.36. The summed E-state index contributed by atoms with van der Waals surface area (Å²) in [6.07, 6.45) is 6.97. The van der Waals surface area contributed by atoms with Gasteiger partial charge in [-0.2, -0.15) is 0 Å². The van der Waals surface area contributed by atoms with Crippen LogP contribution >= 0.6 is 0 Å². The van der Waals surface area contributed by atoms with E-state index in [4.69, 9.17) is 4.74 Å². The fourth-order valence-electron chi connectivity index (χ4n) is 3.40. The van der Waals surface area contributed by atoms with Gasteiger partial charge >= 0.3 is 6.09 Å². The number of rotatable bonds is 3. The molecule has 0 aromatic heterocycles. The number of carbonyl (C=O) groups is 1. The lowest BCUT2D eigenvalue weighted by Gasteiger charge is -2.29. The SMILES string of the molecule is O=C1N[C@H](Cc2ccccc2)[C@@H](C2CCCCC2)O1. The Hall–Kier alpha value is -1.51. The number of alkyl carbamates (subject to hydrolysis) is 1. The first kappa shape index (κ1) is 12.5. The number of benzene rings is 1. The van der Waals surface area contributed by atoms with Crippen LogP contribution in [0, 0.1) is 5.92 Å². The van der Waals surface area contributed by atoms with Gasteiger partial charge in [-0.15, -0.1) is 0 Å². The first-order chi connectivity index (χ1) is 9.33. The van der Waals surface area contributed by atoms with E-state index in [1.807, 2.05) is 18.2 Å². The first-order valence-corrected chi connectivity index (χ1v) is 7.34. The van der Waals surface area contributed by atoms with E-state index >= 15 is 0 Å². The van der Waals surface area contributed by atoms with Crippen LogP contribution in [0.1, 0.15) is 37.7 Å². The van der Waals surface area contributed by atoms with E-state index in [1.165, 1.54) is 37.7 Å². The molecule has 1 N–H and O–H groups in total. The van der Waals surface area contributed by atoms with Crippen molar-refractivity contribution in [1.29, 1.82) is 0 Å². The van der Waals surface area contributed by atoms with Crippen molar-refractivity contribution in [3.05, 3.63) is 35.9 Å². The topological polar surface area (TPSA) is 38.3 Å². The van der Waals surface area contributed by atoms with Crippen LogP contribution in [-0.4, -0.2) is 18.2 Å². The minimum absolute atomic E-state index is 0.0630. The molecule has 2 fully saturated rings. The van der Waals surface area contributed by atoms with E-state index in [1.54, 1.807) is 0 Å². The van der Waals surface area contributed by atoms with Crippen molar-refractivity contribution in [3.63, 3.8) is 0 Å². The maximum absolute atomic E-state index is 11.6. The molecule has 102 valence electrons. The van der Waals surface area contributed by atoms with Gasteiger partial charge in [-0.3, -0.25) is 0 Å². The Balaban J connectivity index is 1.69. The molecule has 3 nitrogen and oxygen atoms in total. The Bertz CT molecular complexity index is 426. The minimum Gasteiger partial charge on any atom is -0.444 e. The number of ether oxygens (including phenoxy) is 1. The molecule has 0 spiro atoms. The number of nitrogens with one attached hydrogen (secondary N) is 1.